The van der Waals surface area contributed by atoms with Crippen molar-refractivity contribution in [3.05, 3.63) is 46.0 Å². The van der Waals surface area contributed by atoms with Gasteiger partial charge in [-0.1, -0.05) is 12.1 Å². The van der Waals surface area contributed by atoms with Crippen molar-refractivity contribution in [2.45, 2.75) is 20.8 Å². The fourth-order valence-corrected chi connectivity index (χ4v) is 2.86. The molecule has 2 aromatic carbocycles. The maximum absolute atomic E-state index is 12.0. The quantitative estimate of drug-likeness (QED) is 0.644. The van der Waals surface area contributed by atoms with Crippen LogP contribution in [0.15, 0.2) is 18.2 Å². The maximum atomic E-state index is 12.0. The number of carbonyl (C=O) groups excluding carboxylic acids is 2. The summed E-state index contributed by atoms with van der Waals surface area (Å²) in [6.45, 7) is 5.93. The van der Waals surface area contributed by atoms with E-state index in [-0.39, 0.29) is 11.6 Å². The smallest absolute Gasteiger partial charge is 0.234 e. The van der Waals surface area contributed by atoms with Gasteiger partial charge in [0, 0.05) is 16.5 Å². The molecule has 84 valence electrons. The van der Waals surface area contributed by atoms with Crippen LogP contribution in [0, 0.1) is 20.8 Å². The molecule has 0 fully saturated rings. The fourth-order valence-electron chi connectivity index (χ4n) is 2.86. The molecule has 1 aliphatic rings. The molecule has 17 heavy (non-hydrogen) atoms. The van der Waals surface area contributed by atoms with Crippen LogP contribution in [0.3, 0.4) is 0 Å². The molecule has 0 amide bonds. The molecule has 0 bridgehead atoms. The van der Waals surface area contributed by atoms with Gasteiger partial charge in [-0.3, -0.25) is 9.59 Å². The molecule has 0 radical (unpaired) electrons. The van der Waals surface area contributed by atoms with E-state index >= 15 is 0 Å². The Morgan fingerprint density at radius 3 is 2.18 bits per heavy atom. The molecule has 0 saturated heterocycles. The largest absolute Gasteiger partial charge is 0.285 e. The molecule has 2 heteroatoms. The monoisotopic (exact) mass is 224 g/mol. The van der Waals surface area contributed by atoms with Crippen LogP contribution in [0.25, 0.3) is 10.8 Å². The SMILES string of the molecule is Cc1cc(C)c2c(C)ccc3c2c1C(=O)C3=O. The third kappa shape index (κ3) is 1.10. The zero-order chi connectivity index (χ0) is 12.3. The molecule has 1 aliphatic carbocycles. The highest BCUT2D eigenvalue weighted by molar-refractivity contribution is 6.57. The Morgan fingerprint density at radius 2 is 1.47 bits per heavy atom. The standard InChI is InChI=1S/C15H12O2/c1-7-4-5-10-13-11(7)8(2)6-9(3)12(13)15(17)14(10)16/h4-6H,1-3H3. The van der Waals surface area contributed by atoms with E-state index in [9.17, 15) is 9.59 Å². The predicted octanol–water partition coefficient (Wildman–Crippen LogP) is 3.14. The number of Topliss-reactive ketones (excluding diaryl/α,β-unsaturated/α-hetero) is 2. The van der Waals surface area contributed by atoms with Gasteiger partial charge in [0.2, 0.25) is 11.6 Å². The van der Waals surface area contributed by atoms with Gasteiger partial charge in [-0.05, 0) is 48.9 Å². The van der Waals surface area contributed by atoms with E-state index < -0.39 is 0 Å². The molecular formula is C15H12O2. The number of carbonyl (C=O) groups is 2. The Labute approximate surface area is 99.3 Å². The number of benzene rings is 2. The second-order valence-electron chi connectivity index (χ2n) is 4.72. The summed E-state index contributed by atoms with van der Waals surface area (Å²) in [6, 6.07) is 5.68. The molecular weight excluding hydrogens is 212 g/mol. The highest BCUT2D eigenvalue weighted by Crippen LogP contribution is 2.36. The number of aryl methyl sites for hydroxylation is 3. The van der Waals surface area contributed by atoms with Gasteiger partial charge in [0.05, 0.1) is 0 Å². The minimum atomic E-state index is -0.362. The molecule has 0 atom stereocenters. The number of hydrogen-bond donors (Lipinski definition) is 0. The van der Waals surface area contributed by atoms with Crippen molar-refractivity contribution >= 4 is 22.3 Å². The van der Waals surface area contributed by atoms with Gasteiger partial charge in [0.15, 0.2) is 0 Å². The third-order valence-electron chi connectivity index (χ3n) is 3.56. The normalized spacial score (nSPS) is 13.8. The van der Waals surface area contributed by atoms with Crippen LogP contribution >= 0.6 is 0 Å². The summed E-state index contributed by atoms with van der Waals surface area (Å²) in [4.78, 5) is 23.9. The lowest BCUT2D eigenvalue weighted by molar-refractivity contribution is 0.0825. The molecule has 2 aromatic rings. The molecule has 0 aromatic heterocycles. The van der Waals surface area contributed by atoms with E-state index in [0.29, 0.717) is 11.1 Å². The molecule has 0 aliphatic heterocycles. The van der Waals surface area contributed by atoms with Crippen LogP contribution in [0.1, 0.15) is 37.4 Å². The first-order valence-corrected chi connectivity index (χ1v) is 5.65. The van der Waals surface area contributed by atoms with Gasteiger partial charge < -0.3 is 0 Å². The first-order valence-electron chi connectivity index (χ1n) is 5.65. The van der Waals surface area contributed by atoms with Gasteiger partial charge in [0.1, 0.15) is 0 Å². The topological polar surface area (TPSA) is 34.1 Å². The van der Waals surface area contributed by atoms with Crippen molar-refractivity contribution in [2.24, 2.45) is 0 Å². The van der Waals surface area contributed by atoms with Gasteiger partial charge >= 0.3 is 0 Å². The molecule has 0 saturated carbocycles. The minimum absolute atomic E-state index is 0.354. The molecule has 3 rings (SSSR count). The summed E-state index contributed by atoms with van der Waals surface area (Å²) in [5.41, 5.74) is 4.32. The van der Waals surface area contributed by atoms with Crippen LogP contribution in [0.2, 0.25) is 0 Å². The summed E-state index contributed by atoms with van der Waals surface area (Å²) < 4.78 is 0. The number of rotatable bonds is 0. The molecule has 2 nitrogen and oxygen atoms in total. The molecule has 0 heterocycles. The second-order valence-corrected chi connectivity index (χ2v) is 4.72. The van der Waals surface area contributed by atoms with Gasteiger partial charge in [-0.15, -0.1) is 0 Å². The van der Waals surface area contributed by atoms with Crippen molar-refractivity contribution in [1.82, 2.24) is 0 Å². The van der Waals surface area contributed by atoms with Crippen LogP contribution in [-0.4, -0.2) is 11.6 Å². The Hall–Kier alpha value is -1.96. The summed E-state index contributed by atoms with van der Waals surface area (Å²) in [5, 5.41) is 1.92. The Kier molecular flexibility index (Phi) is 1.82. The lowest BCUT2D eigenvalue weighted by Crippen LogP contribution is -2.07. The summed E-state index contributed by atoms with van der Waals surface area (Å²) >= 11 is 0. The average molecular weight is 224 g/mol. The van der Waals surface area contributed by atoms with E-state index in [4.69, 9.17) is 0 Å². The highest BCUT2D eigenvalue weighted by atomic mass is 16.2. The van der Waals surface area contributed by atoms with Gasteiger partial charge in [-0.2, -0.15) is 0 Å². The second kappa shape index (κ2) is 3.04. The van der Waals surface area contributed by atoms with E-state index in [1.807, 2.05) is 32.9 Å². The summed E-state index contributed by atoms with van der Waals surface area (Å²) in [5.74, 6) is -0.716. The van der Waals surface area contributed by atoms with Crippen molar-refractivity contribution in [3.8, 4) is 0 Å². The van der Waals surface area contributed by atoms with Crippen LogP contribution in [0.4, 0.5) is 0 Å². The van der Waals surface area contributed by atoms with Crippen LogP contribution in [0.5, 0.6) is 0 Å². The predicted molar refractivity (Wildman–Crippen MR) is 66.8 cm³/mol. The van der Waals surface area contributed by atoms with E-state index in [0.717, 1.165) is 27.5 Å². The Balaban J connectivity index is 2.67. The summed E-state index contributed by atoms with van der Waals surface area (Å²) in [7, 11) is 0. The lowest BCUT2D eigenvalue weighted by Gasteiger charge is -2.09. The van der Waals surface area contributed by atoms with E-state index in [2.05, 4.69) is 0 Å². The number of ketones is 2. The van der Waals surface area contributed by atoms with Crippen LogP contribution in [-0.2, 0) is 0 Å². The van der Waals surface area contributed by atoms with Crippen molar-refractivity contribution < 1.29 is 9.59 Å². The van der Waals surface area contributed by atoms with Gasteiger partial charge in [0.25, 0.3) is 0 Å². The van der Waals surface area contributed by atoms with Crippen LogP contribution < -0.4 is 0 Å². The highest BCUT2D eigenvalue weighted by Gasteiger charge is 2.32. The average Bonchev–Trinajstić information content (AvgIpc) is 2.51. The molecule has 0 unspecified atom stereocenters. The Morgan fingerprint density at radius 1 is 0.765 bits per heavy atom. The van der Waals surface area contributed by atoms with E-state index in [1.165, 1.54) is 0 Å². The Bertz CT molecular complexity index is 709. The van der Waals surface area contributed by atoms with Gasteiger partial charge in [-0.25, -0.2) is 0 Å². The number of hydrogen-bond acceptors (Lipinski definition) is 2. The zero-order valence-electron chi connectivity index (χ0n) is 10.0. The summed E-state index contributed by atoms with van der Waals surface area (Å²) in [6.07, 6.45) is 0. The lowest BCUT2D eigenvalue weighted by atomic mass is 9.94. The van der Waals surface area contributed by atoms with Crippen molar-refractivity contribution in [1.29, 1.82) is 0 Å². The zero-order valence-corrected chi connectivity index (χ0v) is 10.0. The fraction of sp³-hybridized carbons (Fsp3) is 0.200. The molecule has 0 N–H and O–H groups in total. The third-order valence-corrected chi connectivity index (χ3v) is 3.56. The van der Waals surface area contributed by atoms with Crippen molar-refractivity contribution in [2.75, 3.05) is 0 Å². The first-order chi connectivity index (χ1) is 8.02. The molecule has 0 spiro atoms. The first kappa shape index (κ1) is 10.2. The van der Waals surface area contributed by atoms with E-state index in [1.54, 1.807) is 6.07 Å². The van der Waals surface area contributed by atoms with Crippen molar-refractivity contribution in [3.63, 3.8) is 0 Å². The maximum Gasteiger partial charge on any atom is 0.234 e. The minimum Gasteiger partial charge on any atom is -0.285 e.